The average molecular weight is 419 g/mol. The molecule has 0 saturated heterocycles. The maximum Gasteiger partial charge on any atom is 0.173 e. The maximum atomic E-state index is 6.81. The lowest BCUT2D eigenvalue weighted by molar-refractivity contribution is 0.267. The van der Waals surface area contributed by atoms with Gasteiger partial charge in [0.05, 0.1) is 0 Å². The molecule has 0 amide bonds. The van der Waals surface area contributed by atoms with Gasteiger partial charge in [0, 0.05) is 0 Å². The molecule has 0 aliphatic rings. The van der Waals surface area contributed by atoms with Gasteiger partial charge in [-0.2, -0.15) is 0 Å². The zero-order chi connectivity index (χ0) is 21.2. The molecule has 0 aromatic rings. The second kappa shape index (κ2) is 12.0. The summed E-state index contributed by atoms with van der Waals surface area (Å²) in [5.74, 6) is 0. The van der Waals surface area contributed by atoms with Gasteiger partial charge >= 0.3 is 0 Å². The fourth-order valence-electron chi connectivity index (χ4n) is 4.13. The van der Waals surface area contributed by atoms with E-state index in [0.29, 0.717) is 26.2 Å². The highest BCUT2D eigenvalue weighted by Crippen LogP contribution is 2.32. The quantitative estimate of drug-likeness (QED) is 0.286. The summed E-state index contributed by atoms with van der Waals surface area (Å²) in [5.41, 5.74) is 24.2. The Labute approximate surface area is 171 Å². The van der Waals surface area contributed by atoms with Crippen LogP contribution in [-0.4, -0.2) is 42.8 Å². The fourth-order valence-corrected chi connectivity index (χ4v) is 13.0. The Bertz CT molecular complexity index is 345. The first-order valence-corrected chi connectivity index (χ1v) is 17.2. The number of rotatable bonds is 16. The van der Waals surface area contributed by atoms with Crippen LogP contribution in [0.2, 0.25) is 38.3 Å². The van der Waals surface area contributed by atoms with Gasteiger partial charge in [-0.1, -0.05) is 26.7 Å². The van der Waals surface area contributed by atoms with Crippen molar-refractivity contribution in [1.29, 1.82) is 0 Å². The smallest absolute Gasteiger partial charge is 0.173 e. The maximum absolute atomic E-state index is 6.81. The fraction of sp³-hybridized carbons (Fsp3) is 1.00. The van der Waals surface area contributed by atoms with Crippen molar-refractivity contribution in [2.45, 2.75) is 90.6 Å². The molecule has 0 radical (unpaired) electrons. The molecule has 5 nitrogen and oxygen atoms in total. The summed E-state index contributed by atoms with van der Waals surface area (Å²) in [6, 6.07) is 2.38. The molecule has 0 heterocycles. The van der Waals surface area contributed by atoms with Crippen molar-refractivity contribution in [1.82, 2.24) is 0 Å². The Balaban J connectivity index is 4.55. The highest BCUT2D eigenvalue weighted by atomic mass is 28.4. The van der Waals surface area contributed by atoms with E-state index >= 15 is 0 Å². The van der Waals surface area contributed by atoms with Gasteiger partial charge in [-0.15, -0.1) is 0 Å². The van der Waals surface area contributed by atoms with Crippen molar-refractivity contribution in [3.63, 3.8) is 0 Å². The van der Waals surface area contributed by atoms with Crippen molar-refractivity contribution in [3.8, 4) is 0 Å². The molecule has 7 heteroatoms. The van der Waals surface area contributed by atoms with Crippen LogP contribution in [0.4, 0.5) is 0 Å². The van der Waals surface area contributed by atoms with Gasteiger partial charge in [0.1, 0.15) is 0 Å². The predicted octanol–water partition coefficient (Wildman–Crippen LogP) is 3.60. The van der Waals surface area contributed by atoms with Gasteiger partial charge in [0.2, 0.25) is 0 Å². The monoisotopic (exact) mass is 418 g/mol. The molecular weight excluding hydrogens is 368 g/mol. The standard InChI is InChI=1S/C20H50N4OSi2/c1-7-19(15-21,16-22)11-9-13-26(3,4)25-27(5,6)14-10-12-20(8-2,17-23)18-24/h7-18,21-24H2,1-6H3. The third kappa shape index (κ3) is 9.52. The molecule has 0 bridgehead atoms. The van der Waals surface area contributed by atoms with E-state index in [1.165, 1.54) is 24.9 Å². The van der Waals surface area contributed by atoms with Gasteiger partial charge < -0.3 is 27.0 Å². The molecule has 0 fully saturated rings. The normalized spacial score (nSPS) is 14.0. The van der Waals surface area contributed by atoms with Gasteiger partial charge in [-0.05, 0) is 101 Å². The number of hydrogen-bond donors (Lipinski definition) is 4. The van der Waals surface area contributed by atoms with Crippen molar-refractivity contribution in [3.05, 3.63) is 0 Å². The van der Waals surface area contributed by atoms with E-state index in [-0.39, 0.29) is 10.8 Å². The summed E-state index contributed by atoms with van der Waals surface area (Å²) >= 11 is 0. The molecule has 0 unspecified atom stereocenters. The minimum Gasteiger partial charge on any atom is -0.455 e. The first-order valence-electron chi connectivity index (χ1n) is 11.0. The van der Waals surface area contributed by atoms with E-state index in [1.807, 2.05) is 0 Å². The topological polar surface area (TPSA) is 113 Å². The van der Waals surface area contributed by atoms with Crippen LogP contribution < -0.4 is 22.9 Å². The molecule has 164 valence electrons. The first kappa shape index (κ1) is 27.2. The van der Waals surface area contributed by atoms with Gasteiger partial charge in [0.15, 0.2) is 16.6 Å². The second-order valence-corrected chi connectivity index (χ2v) is 18.7. The van der Waals surface area contributed by atoms with E-state index in [1.54, 1.807) is 0 Å². The van der Waals surface area contributed by atoms with E-state index in [4.69, 9.17) is 27.0 Å². The summed E-state index contributed by atoms with van der Waals surface area (Å²) in [6.45, 7) is 16.6. The van der Waals surface area contributed by atoms with E-state index in [2.05, 4.69) is 40.0 Å². The van der Waals surface area contributed by atoms with Crippen LogP contribution in [0.1, 0.15) is 52.4 Å². The Hall–Kier alpha value is 0.234. The van der Waals surface area contributed by atoms with Crippen LogP contribution in [0.5, 0.6) is 0 Å². The van der Waals surface area contributed by atoms with Crippen LogP contribution in [-0.2, 0) is 4.12 Å². The van der Waals surface area contributed by atoms with Crippen molar-refractivity contribution in [2.24, 2.45) is 33.8 Å². The highest BCUT2D eigenvalue weighted by molar-refractivity contribution is 6.84. The molecule has 0 rings (SSSR count). The second-order valence-electron chi connectivity index (χ2n) is 9.85. The molecule has 27 heavy (non-hydrogen) atoms. The molecule has 0 aliphatic carbocycles. The third-order valence-corrected chi connectivity index (χ3v) is 14.3. The van der Waals surface area contributed by atoms with Crippen molar-refractivity contribution >= 4 is 16.6 Å². The van der Waals surface area contributed by atoms with E-state index in [9.17, 15) is 0 Å². The zero-order valence-corrected chi connectivity index (χ0v) is 21.2. The van der Waals surface area contributed by atoms with Crippen LogP contribution in [0, 0.1) is 10.8 Å². The summed E-state index contributed by atoms with van der Waals surface area (Å²) < 4.78 is 6.81. The van der Waals surface area contributed by atoms with Gasteiger partial charge in [0.25, 0.3) is 0 Å². The summed E-state index contributed by atoms with van der Waals surface area (Å²) in [5, 5.41) is 0. The Morgan fingerprint density at radius 3 is 1.15 bits per heavy atom. The lowest BCUT2D eigenvalue weighted by Gasteiger charge is -2.37. The lowest BCUT2D eigenvalue weighted by Crippen LogP contribution is -2.45. The molecule has 0 atom stereocenters. The largest absolute Gasteiger partial charge is 0.455 e. The average Bonchev–Trinajstić information content (AvgIpc) is 2.62. The molecule has 8 N–H and O–H groups in total. The van der Waals surface area contributed by atoms with Crippen LogP contribution in [0.25, 0.3) is 0 Å². The minimum absolute atomic E-state index is 0.116. The van der Waals surface area contributed by atoms with Gasteiger partial charge in [-0.25, -0.2) is 0 Å². The minimum atomic E-state index is -1.67. The van der Waals surface area contributed by atoms with Crippen LogP contribution in [0.3, 0.4) is 0 Å². The van der Waals surface area contributed by atoms with E-state index in [0.717, 1.165) is 25.7 Å². The van der Waals surface area contributed by atoms with Crippen LogP contribution >= 0.6 is 0 Å². The summed E-state index contributed by atoms with van der Waals surface area (Å²) in [6.07, 6.45) is 6.69. The van der Waals surface area contributed by atoms with Crippen molar-refractivity contribution in [2.75, 3.05) is 26.2 Å². The van der Waals surface area contributed by atoms with Gasteiger partial charge in [-0.3, -0.25) is 0 Å². The zero-order valence-electron chi connectivity index (χ0n) is 19.2. The third-order valence-electron chi connectivity index (χ3n) is 6.76. The molecule has 0 aliphatic heterocycles. The van der Waals surface area contributed by atoms with Crippen molar-refractivity contribution < 1.29 is 4.12 Å². The SMILES string of the molecule is CCC(CN)(CN)CCC[Si](C)(C)O[Si](C)(C)CCCC(CC)(CN)CN. The first-order chi connectivity index (χ1) is 12.5. The number of nitrogens with two attached hydrogens (primary N) is 4. The molecule has 0 saturated carbocycles. The number of hydrogen-bond acceptors (Lipinski definition) is 5. The Kier molecular flexibility index (Phi) is 12.2. The molecule has 0 aromatic carbocycles. The molecule has 0 spiro atoms. The lowest BCUT2D eigenvalue weighted by atomic mass is 9.81. The van der Waals surface area contributed by atoms with E-state index < -0.39 is 16.6 Å². The summed E-state index contributed by atoms with van der Waals surface area (Å²) in [4.78, 5) is 0. The Morgan fingerprint density at radius 1 is 0.630 bits per heavy atom. The Morgan fingerprint density at radius 2 is 0.926 bits per heavy atom. The predicted molar refractivity (Wildman–Crippen MR) is 126 cm³/mol. The summed E-state index contributed by atoms with van der Waals surface area (Å²) in [7, 11) is -3.33. The van der Waals surface area contributed by atoms with Crippen LogP contribution in [0.15, 0.2) is 0 Å². The molecule has 0 aromatic heterocycles. The molecular formula is C20H50N4OSi2. The highest BCUT2D eigenvalue weighted by Gasteiger charge is 2.34.